The quantitative estimate of drug-likeness (QED) is 0.227. The molecule has 0 bridgehead atoms. The first kappa shape index (κ1) is 25.9. The van der Waals surface area contributed by atoms with Gasteiger partial charge in [0.05, 0.1) is 26.3 Å². The molecule has 0 fully saturated rings. The van der Waals surface area contributed by atoms with Crippen LogP contribution in [0.1, 0.15) is 58.6 Å². The number of carbonyl (C=O) groups is 1. The topological polar surface area (TPSA) is 80.0 Å². The molecule has 0 radical (unpaired) electrons. The van der Waals surface area contributed by atoms with E-state index >= 15 is 4.39 Å². The third kappa shape index (κ3) is 4.90. The highest BCUT2D eigenvalue weighted by molar-refractivity contribution is 5.76. The molecule has 1 aromatic heterocycles. The number of halogens is 1. The van der Waals surface area contributed by atoms with E-state index < -0.39 is 6.10 Å². The molecule has 0 amide bonds. The van der Waals surface area contributed by atoms with E-state index in [0.29, 0.717) is 42.4 Å². The number of ether oxygens (including phenoxy) is 4. The van der Waals surface area contributed by atoms with Gasteiger partial charge in [-0.05, 0) is 78.8 Å². The van der Waals surface area contributed by atoms with Gasteiger partial charge in [-0.25, -0.2) is 9.37 Å². The molecule has 1 aliphatic carbocycles. The van der Waals surface area contributed by atoms with Crippen LogP contribution < -0.4 is 14.2 Å². The van der Waals surface area contributed by atoms with Crippen LogP contribution in [0, 0.1) is 19.7 Å². The highest BCUT2D eigenvalue weighted by atomic mass is 19.1. The zero-order valence-electron chi connectivity index (χ0n) is 22.7. The van der Waals surface area contributed by atoms with Gasteiger partial charge in [0.15, 0.2) is 6.61 Å². The number of hydrogen-bond acceptors (Lipinski definition) is 7. The zero-order valence-corrected chi connectivity index (χ0v) is 22.7. The van der Waals surface area contributed by atoms with Crippen LogP contribution in [0.3, 0.4) is 0 Å². The van der Waals surface area contributed by atoms with Gasteiger partial charge in [-0.1, -0.05) is 12.1 Å². The standard InChI is InChI=1S/C32H30FNO6/c1-18-12-22(38-17-29-34-10-11-37-29)13-19(2)31(18)24-6-8-26(33)32-25(24)7-9-27(32)40-21-4-5-23-20(14-30(35)36-3)16-39-28(23)15-21/h4-6,8,10-13,15,20,27H,7,9,14,16-17H2,1-3H3/t20-,27-/m1/s1. The Morgan fingerprint density at radius 1 is 1.10 bits per heavy atom. The van der Waals surface area contributed by atoms with Crippen molar-refractivity contribution in [2.75, 3.05) is 13.7 Å². The number of methoxy groups -OCH3 is 1. The van der Waals surface area contributed by atoms with Crippen molar-refractivity contribution in [2.24, 2.45) is 0 Å². The first-order valence-corrected chi connectivity index (χ1v) is 13.4. The van der Waals surface area contributed by atoms with Crippen molar-refractivity contribution in [3.8, 4) is 28.4 Å². The van der Waals surface area contributed by atoms with Crippen molar-refractivity contribution in [1.29, 1.82) is 0 Å². The summed E-state index contributed by atoms with van der Waals surface area (Å²) >= 11 is 0. The number of fused-ring (bicyclic) bond motifs is 2. The smallest absolute Gasteiger partial charge is 0.306 e. The molecule has 2 atom stereocenters. The maximum atomic E-state index is 15.3. The molecule has 0 saturated carbocycles. The highest BCUT2D eigenvalue weighted by Crippen LogP contribution is 2.45. The Labute approximate surface area is 231 Å². The number of esters is 1. The van der Waals surface area contributed by atoms with Gasteiger partial charge in [-0.15, -0.1) is 0 Å². The highest BCUT2D eigenvalue weighted by Gasteiger charge is 2.32. The number of nitrogens with zero attached hydrogens (tertiary/aromatic N) is 1. The van der Waals surface area contributed by atoms with E-state index in [0.717, 1.165) is 39.1 Å². The second-order valence-electron chi connectivity index (χ2n) is 10.3. The minimum atomic E-state index is -0.413. The maximum Gasteiger partial charge on any atom is 0.306 e. The van der Waals surface area contributed by atoms with Gasteiger partial charge in [0.25, 0.3) is 0 Å². The van der Waals surface area contributed by atoms with Crippen LogP contribution in [-0.4, -0.2) is 24.7 Å². The van der Waals surface area contributed by atoms with E-state index in [-0.39, 0.29) is 30.7 Å². The monoisotopic (exact) mass is 543 g/mol. The molecular weight excluding hydrogens is 513 g/mol. The van der Waals surface area contributed by atoms with Crippen molar-refractivity contribution >= 4 is 5.97 Å². The Morgan fingerprint density at radius 2 is 1.93 bits per heavy atom. The van der Waals surface area contributed by atoms with Gasteiger partial charge < -0.3 is 23.4 Å². The average Bonchev–Trinajstić information content (AvgIpc) is 3.69. The summed E-state index contributed by atoms with van der Waals surface area (Å²) in [7, 11) is 1.38. The molecule has 3 aromatic carbocycles. The molecule has 0 unspecified atom stereocenters. The van der Waals surface area contributed by atoms with E-state index in [1.807, 2.05) is 50.2 Å². The zero-order chi connectivity index (χ0) is 27.8. The molecule has 2 aliphatic rings. The minimum absolute atomic E-state index is 0.0474. The molecule has 206 valence electrons. The molecule has 2 heterocycles. The summed E-state index contributed by atoms with van der Waals surface area (Å²) < 4.78 is 43.4. The van der Waals surface area contributed by atoms with Crippen LogP contribution in [0.25, 0.3) is 11.1 Å². The number of benzene rings is 3. The van der Waals surface area contributed by atoms with Crippen molar-refractivity contribution in [3.63, 3.8) is 0 Å². The average molecular weight is 544 g/mol. The summed E-state index contributed by atoms with van der Waals surface area (Å²) in [6.07, 6.45) is 4.33. The van der Waals surface area contributed by atoms with Gasteiger partial charge in [0.2, 0.25) is 5.89 Å². The van der Waals surface area contributed by atoms with E-state index in [9.17, 15) is 4.79 Å². The fourth-order valence-electron chi connectivity index (χ4n) is 5.87. The number of hydrogen-bond donors (Lipinski definition) is 0. The number of aryl methyl sites for hydroxylation is 2. The Hall–Kier alpha value is -4.33. The third-order valence-corrected chi connectivity index (χ3v) is 7.69. The summed E-state index contributed by atoms with van der Waals surface area (Å²) in [5.41, 5.74) is 6.70. The van der Waals surface area contributed by atoms with Gasteiger partial charge in [-0.3, -0.25) is 4.79 Å². The van der Waals surface area contributed by atoms with E-state index in [1.54, 1.807) is 6.20 Å². The van der Waals surface area contributed by atoms with Crippen molar-refractivity contribution in [2.45, 2.75) is 51.7 Å². The van der Waals surface area contributed by atoms with Gasteiger partial charge in [0, 0.05) is 23.1 Å². The van der Waals surface area contributed by atoms with Crippen molar-refractivity contribution in [3.05, 3.63) is 94.4 Å². The van der Waals surface area contributed by atoms with Crippen LogP contribution in [0.2, 0.25) is 0 Å². The molecule has 4 aromatic rings. The van der Waals surface area contributed by atoms with E-state index in [2.05, 4.69) is 4.98 Å². The predicted molar refractivity (Wildman–Crippen MR) is 145 cm³/mol. The SMILES string of the molecule is COC(=O)C[C@@H]1COc2cc(O[C@@H]3CCc4c(-c5c(C)cc(OCc6ncco6)cc5C)ccc(F)c43)ccc21. The normalized spacial score (nSPS) is 17.2. The molecule has 1 aliphatic heterocycles. The Bertz CT molecular complexity index is 1540. The second kappa shape index (κ2) is 10.7. The lowest BCUT2D eigenvalue weighted by atomic mass is 9.90. The number of aromatic nitrogens is 1. The van der Waals surface area contributed by atoms with Gasteiger partial charge in [-0.2, -0.15) is 0 Å². The van der Waals surface area contributed by atoms with Crippen molar-refractivity contribution < 1.29 is 32.5 Å². The van der Waals surface area contributed by atoms with Crippen LogP contribution in [-0.2, 0) is 22.6 Å². The summed E-state index contributed by atoms with van der Waals surface area (Å²) in [4.78, 5) is 15.8. The fourth-order valence-corrected chi connectivity index (χ4v) is 5.87. The number of oxazole rings is 1. The lowest BCUT2D eigenvalue weighted by Crippen LogP contribution is -2.09. The van der Waals surface area contributed by atoms with Crippen LogP contribution >= 0.6 is 0 Å². The summed E-state index contributed by atoms with van der Waals surface area (Å²) in [6, 6.07) is 13.0. The molecule has 0 N–H and O–H groups in total. The van der Waals surface area contributed by atoms with Crippen LogP contribution in [0.5, 0.6) is 17.2 Å². The molecular formula is C32H30FNO6. The van der Waals surface area contributed by atoms with E-state index in [1.165, 1.54) is 19.4 Å². The fraction of sp³-hybridized carbons (Fsp3) is 0.312. The van der Waals surface area contributed by atoms with Gasteiger partial charge in [0.1, 0.15) is 35.4 Å². The largest absolute Gasteiger partial charge is 0.492 e. The Kier molecular flexibility index (Phi) is 6.92. The van der Waals surface area contributed by atoms with Gasteiger partial charge >= 0.3 is 5.97 Å². The first-order chi connectivity index (χ1) is 19.4. The lowest BCUT2D eigenvalue weighted by Gasteiger charge is -2.19. The second-order valence-corrected chi connectivity index (χ2v) is 10.3. The molecule has 6 rings (SSSR count). The summed E-state index contributed by atoms with van der Waals surface area (Å²) in [5.74, 6) is 1.96. The lowest BCUT2D eigenvalue weighted by molar-refractivity contribution is -0.141. The Balaban J connectivity index is 1.24. The number of rotatable bonds is 8. The minimum Gasteiger partial charge on any atom is -0.492 e. The predicted octanol–water partition coefficient (Wildman–Crippen LogP) is 6.78. The third-order valence-electron chi connectivity index (χ3n) is 7.69. The van der Waals surface area contributed by atoms with Crippen molar-refractivity contribution in [1.82, 2.24) is 4.98 Å². The molecule has 0 saturated heterocycles. The van der Waals surface area contributed by atoms with Crippen LogP contribution in [0.4, 0.5) is 4.39 Å². The molecule has 40 heavy (non-hydrogen) atoms. The summed E-state index contributed by atoms with van der Waals surface area (Å²) in [5, 5.41) is 0. The molecule has 0 spiro atoms. The number of carbonyl (C=O) groups excluding carboxylic acids is 1. The summed E-state index contributed by atoms with van der Waals surface area (Å²) in [6.45, 7) is 4.74. The van der Waals surface area contributed by atoms with E-state index in [4.69, 9.17) is 23.4 Å². The van der Waals surface area contributed by atoms with Crippen LogP contribution in [0.15, 0.2) is 59.3 Å². The first-order valence-electron chi connectivity index (χ1n) is 13.4. The Morgan fingerprint density at radius 3 is 2.67 bits per heavy atom. The maximum absolute atomic E-state index is 15.3. The molecule has 8 heteroatoms. The molecule has 7 nitrogen and oxygen atoms in total.